The number of carbonyl (C=O) groups is 4. The molecule has 0 atom stereocenters. The number of ether oxygens (including phenoxy) is 1. The monoisotopic (exact) mass is 349 g/mol. The van der Waals surface area contributed by atoms with Crippen molar-refractivity contribution in [3.05, 3.63) is 0 Å². The first-order chi connectivity index (χ1) is 12.0. The zero-order valence-corrected chi connectivity index (χ0v) is 14.6. The minimum absolute atomic E-state index is 0.118. The largest absolute Gasteiger partial charge is 0.446 e. The van der Waals surface area contributed by atoms with Crippen LogP contribution in [0.2, 0.25) is 0 Å². The number of rotatable bonds is 5. The van der Waals surface area contributed by atoms with E-state index in [4.69, 9.17) is 4.74 Å². The van der Waals surface area contributed by atoms with Gasteiger partial charge in [-0.15, -0.1) is 0 Å². The molecule has 3 saturated carbocycles. The standard InChI is InChI=1S/C19H27NO5/c21-15-9-10-16(22)19(15)25-18(24)11-17(23)20-14-7-5-13(6-8-14)12-3-1-2-4-12/h12-14,19H,1-11H2,(H,20,23). The van der Waals surface area contributed by atoms with Crippen LogP contribution >= 0.6 is 0 Å². The average Bonchev–Trinajstić information content (AvgIpc) is 3.21. The van der Waals surface area contributed by atoms with E-state index in [-0.39, 0.29) is 36.4 Å². The maximum absolute atomic E-state index is 12.0. The quantitative estimate of drug-likeness (QED) is 0.606. The minimum atomic E-state index is -1.29. The number of amides is 1. The third kappa shape index (κ3) is 4.67. The fraction of sp³-hybridized carbons (Fsp3) is 0.789. The highest BCUT2D eigenvalue weighted by atomic mass is 16.6. The second-order valence-electron chi connectivity index (χ2n) is 7.70. The number of carbonyl (C=O) groups excluding carboxylic acids is 4. The fourth-order valence-corrected chi connectivity index (χ4v) is 4.57. The van der Waals surface area contributed by atoms with Crippen molar-refractivity contribution in [3.63, 3.8) is 0 Å². The van der Waals surface area contributed by atoms with Gasteiger partial charge in [0, 0.05) is 18.9 Å². The lowest BCUT2D eigenvalue weighted by Crippen LogP contribution is -2.40. The van der Waals surface area contributed by atoms with Gasteiger partial charge in [-0.25, -0.2) is 0 Å². The molecule has 3 rings (SSSR count). The third-order valence-corrected chi connectivity index (χ3v) is 5.96. The Bertz CT molecular complexity index is 528. The van der Waals surface area contributed by atoms with Crippen LogP contribution in [0.15, 0.2) is 0 Å². The second kappa shape index (κ2) is 8.11. The molecule has 25 heavy (non-hydrogen) atoms. The van der Waals surface area contributed by atoms with E-state index in [1.165, 1.54) is 25.7 Å². The topological polar surface area (TPSA) is 89.5 Å². The van der Waals surface area contributed by atoms with Crippen molar-refractivity contribution >= 4 is 23.4 Å². The summed E-state index contributed by atoms with van der Waals surface area (Å²) in [7, 11) is 0. The Morgan fingerprint density at radius 1 is 0.880 bits per heavy atom. The molecule has 0 unspecified atom stereocenters. The molecule has 0 radical (unpaired) electrons. The predicted molar refractivity (Wildman–Crippen MR) is 89.6 cm³/mol. The van der Waals surface area contributed by atoms with Crippen LogP contribution in [0.5, 0.6) is 0 Å². The van der Waals surface area contributed by atoms with Crippen molar-refractivity contribution < 1.29 is 23.9 Å². The van der Waals surface area contributed by atoms with Gasteiger partial charge in [0.15, 0.2) is 11.6 Å². The average molecular weight is 349 g/mol. The van der Waals surface area contributed by atoms with Gasteiger partial charge in [-0.2, -0.15) is 0 Å². The van der Waals surface area contributed by atoms with Crippen LogP contribution in [0.1, 0.15) is 70.6 Å². The third-order valence-electron chi connectivity index (χ3n) is 5.96. The van der Waals surface area contributed by atoms with E-state index in [2.05, 4.69) is 5.32 Å². The molecule has 0 saturated heterocycles. The Morgan fingerprint density at radius 3 is 2.04 bits per heavy atom. The Balaban J connectivity index is 1.37. The van der Waals surface area contributed by atoms with Crippen molar-refractivity contribution in [2.75, 3.05) is 0 Å². The zero-order chi connectivity index (χ0) is 17.8. The van der Waals surface area contributed by atoms with Crippen molar-refractivity contribution in [2.45, 2.75) is 82.8 Å². The normalized spacial score (nSPS) is 28.3. The van der Waals surface area contributed by atoms with E-state index in [0.717, 1.165) is 37.5 Å². The van der Waals surface area contributed by atoms with Crippen molar-refractivity contribution in [3.8, 4) is 0 Å². The minimum Gasteiger partial charge on any atom is -0.446 e. The van der Waals surface area contributed by atoms with Crippen LogP contribution in [0.3, 0.4) is 0 Å². The number of esters is 1. The van der Waals surface area contributed by atoms with Gasteiger partial charge < -0.3 is 10.1 Å². The summed E-state index contributed by atoms with van der Waals surface area (Å²) in [4.78, 5) is 46.7. The van der Waals surface area contributed by atoms with Crippen molar-refractivity contribution in [2.24, 2.45) is 11.8 Å². The molecule has 6 nitrogen and oxygen atoms in total. The van der Waals surface area contributed by atoms with Gasteiger partial charge in [-0.1, -0.05) is 25.7 Å². The van der Waals surface area contributed by atoms with Gasteiger partial charge in [0.05, 0.1) is 0 Å². The lowest BCUT2D eigenvalue weighted by molar-refractivity contribution is -0.159. The Kier molecular flexibility index (Phi) is 5.86. The highest BCUT2D eigenvalue weighted by Crippen LogP contribution is 2.39. The SMILES string of the molecule is O=C(CC(=O)OC1C(=O)CCC1=O)NC1CCC(C2CCCC2)CC1. The maximum atomic E-state index is 12.0. The van der Waals surface area contributed by atoms with Gasteiger partial charge in [0.25, 0.3) is 0 Å². The summed E-state index contributed by atoms with van der Waals surface area (Å²) in [6, 6.07) is 0.118. The summed E-state index contributed by atoms with van der Waals surface area (Å²) in [5, 5.41) is 2.90. The highest BCUT2D eigenvalue weighted by molar-refractivity contribution is 6.12. The molecular weight excluding hydrogens is 322 g/mol. The van der Waals surface area contributed by atoms with E-state index in [1.54, 1.807) is 0 Å². The summed E-state index contributed by atoms with van der Waals surface area (Å²) in [5.41, 5.74) is 0. The van der Waals surface area contributed by atoms with Gasteiger partial charge in [0.2, 0.25) is 12.0 Å². The Morgan fingerprint density at radius 2 is 1.44 bits per heavy atom. The van der Waals surface area contributed by atoms with E-state index in [9.17, 15) is 19.2 Å². The van der Waals surface area contributed by atoms with Crippen LogP contribution in [-0.4, -0.2) is 35.6 Å². The molecule has 0 aromatic heterocycles. The van der Waals surface area contributed by atoms with E-state index in [1.807, 2.05) is 0 Å². The van der Waals surface area contributed by atoms with Crippen LogP contribution in [-0.2, 0) is 23.9 Å². The number of ketones is 2. The van der Waals surface area contributed by atoms with Crippen molar-refractivity contribution in [1.29, 1.82) is 0 Å². The Labute approximate surface area is 148 Å². The van der Waals surface area contributed by atoms with Crippen LogP contribution in [0.4, 0.5) is 0 Å². The van der Waals surface area contributed by atoms with Gasteiger partial charge in [-0.3, -0.25) is 19.2 Å². The molecule has 6 heteroatoms. The summed E-state index contributed by atoms with van der Waals surface area (Å²) in [6.45, 7) is 0. The van der Waals surface area contributed by atoms with E-state index >= 15 is 0 Å². The molecule has 0 aromatic carbocycles. The first kappa shape index (κ1) is 18.1. The molecule has 3 aliphatic rings. The van der Waals surface area contributed by atoms with Crippen LogP contribution in [0.25, 0.3) is 0 Å². The molecule has 0 spiro atoms. The molecule has 0 aliphatic heterocycles. The first-order valence-electron chi connectivity index (χ1n) is 9.57. The lowest BCUT2D eigenvalue weighted by atomic mass is 9.77. The number of hydrogen-bond acceptors (Lipinski definition) is 5. The molecule has 138 valence electrons. The van der Waals surface area contributed by atoms with E-state index in [0.29, 0.717) is 0 Å². The number of nitrogens with one attached hydrogen (secondary N) is 1. The molecule has 1 N–H and O–H groups in total. The summed E-state index contributed by atoms with van der Waals surface area (Å²) in [5.74, 6) is -0.265. The second-order valence-corrected chi connectivity index (χ2v) is 7.70. The smallest absolute Gasteiger partial charge is 0.316 e. The van der Waals surface area contributed by atoms with Crippen LogP contribution < -0.4 is 5.32 Å². The molecule has 0 aromatic rings. The maximum Gasteiger partial charge on any atom is 0.316 e. The molecule has 0 bridgehead atoms. The molecule has 3 aliphatic carbocycles. The molecular formula is C19H27NO5. The molecule has 3 fully saturated rings. The number of Topliss-reactive ketones (excluding diaryl/α,β-unsaturated/α-hetero) is 2. The van der Waals surface area contributed by atoms with Crippen molar-refractivity contribution in [1.82, 2.24) is 5.32 Å². The highest BCUT2D eigenvalue weighted by Gasteiger charge is 2.36. The van der Waals surface area contributed by atoms with E-state index < -0.39 is 18.5 Å². The van der Waals surface area contributed by atoms with Gasteiger partial charge >= 0.3 is 5.97 Å². The van der Waals surface area contributed by atoms with Gasteiger partial charge in [-0.05, 0) is 37.5 Å². The molecule has 0 heterocycles. The fourth-order valence-electron chi connectivity index (χ4n) is 4.57. The van der Waals surface area contributed by atoms with Gasteiger partial charge in [0.1, 0.15) is 6.42 Å². The summed E-state index contributed by atoms with van der Waals surface area (Å²) >= 11 is 0. The molecule has 1 amide bonds. The zero-order valence-electron chi connectivity index (χ0n) is 14.6. The summed E-state index contributed by atoms with van der Waals surface area (Å²) in [6.07, 6.45) is 8.14. The predicted octanol–water partition coefficient (Wildman–Crippen LogP) is 2.09. The van der Waals surface area contributed by atoms with Crippen LogP contribution in [0, 0.1) is 11.8 Å². The lowest BCUT2D eigenvalue weighted by Gasteiger charge is -2.32. The first-order valence-corrected chi connectivity index (χ1v) is 9.57. The number of hydrogen-bond donors (Lipinski definition) is 1. The Hall–Kier alpha value is -1.72. The summed E-state index contributed by atoms with van der Waals surface area (Å²) < 4.78 is 4.88.